The van der Waals surface area contributed by atoms with Crippen LogP contribution >= 0.6 is 11.6 Å². The molecule has 15 heavy (non-hydrogen) atoms. The number of aromatic nitrogens is 1. The highest BCUT2D eigenvalue weighted by Crippen LogP contribution is 2.23. The average Bonchev–Trinajstić information content (AvgIpc) is 2.25. The van der Waals surface area contributed by atoms with E-state index < -0.39 is 0 Å². The van der Waals surface area contributed by atoms with Crippen molar-refractivity contribution < 1.29 is 5.11 Å². The lowest BCUT2D eigenvalue weighted by Gasteiger charge is -2.04. The van der Waals surface area contributed by atoms with Crippen molar-refractivity contribution in [2.45, 2.75) is 6.42 Å². The number of phenols is 1. The minimum absolute atomic E-state index is 0.274. The van der Waals surface area contributed by atoms with Crippen LogP contribution in [0.4, 0.5) is 0 Å². The van der Waals surface area contributed by atoms with Crippen molar-refractivity contribution in [3.05, 3.63) is 58.9 Å². The first-order valence-corrected chi connectivity index (χ1v) is 5.00. The zero-order chi connectivity index (χ0) is 10.7. The van der Waals surface area contributed by atoms with Crippen LogP contribution in [0.2, 0.25) is 5.02 Å². The van der Waals surface area contributed by atoms with Gasteiger partial charge in [-0.1, -0.05) is 11.6 Å². The first kappa shape index (κ1) is 9.99. The number of halogens is 1. The summed E-state index contributed by atoms with van der Waals surface area (Å²) in [5.74, 6) is 0.274. The maximum atomic E-state index is 9.62. The van der Waals surface area contributed by atoms with Gasteiger partial charge in [-0.2, -0.15) is 0 Å². The molecule has 0 spiro atoms. The van der Waals surface area contributed by atoms with Crippen LogP contribution in [0.5, 0.6) is 5.75 Å². The zero-order valence-corrected chi connectivity index (χ0v) is 8.78. The van der Waals surface area contributed by atoms with E-state index in [9.17, 15) is 5.11 Å². The number of aromatic hydroxyl groups is 1. The Hall–Kier alpha value is -1.54. The second-order valence-electron chi connectivity index (χ2n) is 3.31. The summed E-state index contributed by atoms with van der Waals surface area (Å²) < 4.78 is 0. The molecule has 1 aromatic heterocycles. The lowest BCUT2D eigenvalue weighted by atomic mass is 10.1. The summed E-state index contributed by atoms with van der Waals surface area (Å²) >= 11 is 5.86. The van der Waals surface area contributed by atoms with Gasteiger partial charge >= 0.3 is 0 Å². The van der Waals surface area contributed by atoms with Gasteiger partial charge in [-0.15, -0.1) is 0 Å². The van der Waals surface area contributed by atoms with E-state index in [0.717, 1.165) is 11.1 Å². The molecule has 3 heteroatoms. The number of rotatable bonds is 2. The summed E-state index contributed by atoms with van der Waals surface area (Å²) in [4.78, 5) is 3.94. The maximum absolute atomic E-state index is 9.62. The predicted molar refractivity (Wildman–Crippen MR) is 60.2 cm³/mol. The van der Waals surface area contributed by atoms with E-state index in [1.807, 2.05) is 12.1 Å². The number of hydrogen-bond acceptors (Lipinski definition) is 2. The van der Waals surface area contributed by atoms with Crippen LogP contribution in [-0.4, -0.2) is 10.1 Å². The first-order valence-electron chi connectivity index (χ1n) is 4.62. The van der Waals surface area contributed by atoms with Gasteiger partial charge in [-0.3, -0.25) is 4.98 Å². The molecule has 2 rings (SSSR count). The Labute approximate surface area is 93.2 Å². The Morgan fingerprint density at radius 1 is 1.13 bits per heavy atom. The van der Waals surface area contributed by atoms with E-state index in [1.165, 1.54) is 0 Å². The molecule has 0 unspecified atom stereocenters. The molecule has 1 aromatic carbocycles. The van der Waals surface area contributed by atoms with E-state index in [2.05, 4.69) is 4.98 Å². The molecule has 1 N–H and O–H groups in total. The molecule has 0 bridgehead atoms. The summed E-state index contributed by atoms with van der Waals surface area (Å²) in [7, 11) is 0. The summed E-state index contributed by atoms with van der Waals surface area (Å²) in [6.45, 7) is 0. The van der Waals surface area contributed by atoms with Gasteiger partial charge in [-0.25, -0.2) is 0 Å². The van der Waals surface area contributed by atoms with Gasteiger partial charge < -0.3 is 5.11 Å². The van der Waals surface area contributed by atoms with Crippen LogP contribution < -0.4 is 0 Å². The number of hydrogen-bond donors (Lipinski definition) is 1. The molecule has 0 amide bonds. The van der Waals surface area contributed by atoms with Crippen molar-refractivity contribution in [1.29, 1.82) is 0 Å². The largest absolute Gasteiger partial charge is 0.508 e. The number of nitrogens with zero attached hydrogens (tertiary/aromatic N) is 1. The fourth-order valence-electron chi connectivity index (χ4n) is 1.42. The molecule has 0 aliphatic carbocycles. The van der Waals surface area contributed by atoms with E-state index in [-0.39, 0.29) is 5.75 Å². The Morgan fingerprint density at radius 3 is 2.60 bits per heavy atom. The third-order valence-electron chi connectivity index (χ3n) is 2.19. The molecule has 1 heterocycles. The van der Waals surface area contributed by atoms with Gasteiger partial charge in [-0.05, 0) is 41.5 Å². The quantitative estimate of drug-likeness (QED) is 0.842. The summed E-state index contributed by atoms with van der Waals surface area (Å²) in [6.07, 6.45) is 4.13. The summed E-state index contributed by atoms with van der Waals surface area (Å²) in [5, 5.41) is 10.3. The van der Waals surface area contributed by atoms with Gasteiger partial charge in [0.05, 0.1) is 0 Å². The Morgan fingerprint density at radius 2 is 1.87 bits per heavy atom. The Balaban J connectivity index is 2.28. The van der Waals surface area contributed by atoms with Gasteiger partial charge in [0, 0.05) is 23.8 Å². The minimum atomic E-state index is 0.274. The summed E-state index contributed by atoms with van der Waals surface area (Å²) in [6, 6.07) is 8.89. The molecular formula is C12H10ClNO. The van der Waals surface area contributed by atoms with Crippen LogP contribution in [0.1, 0.15) is 11.1 Å². The second kappa shape index (κ2) is 4.32. The average molecular weight is 220 g/mol. The highest BCUT2D eigenvalue weighted by Gasteiger charge is 2.02. The highest BCUT2D eigenvalue weighted by atomic mass is 35.5. The molecule has 0 atom stereocenters. The normalized spacial score (nSPS) is 10.2. The van der Waals surface area contributed by atoms with E-state index in [1.54, 1.807) is 30.6 Å². The lowest BCUT2D eigenvalue weighted by Crippen LogP contribution is -1.89. The third kappa shape index (κ3) is 2.48. The number of phenolic OH excluding ortho intramolecular Hbond substituents is 1. The van der Waals surface area contributed by atoms with Gasteiger partial charge in [0.2, 0.25) is 0 Å². The van der Waals surface area contributed by atoms with Crippen molar-refractivity contribution in [1.82, 2.24) is 4.98 Å². The van der Waals surface area contributed by atoms with Gasteiger partial charge in [0.25, 0.3) is 0 Å². The smallest absolute Gasteiger partial charge is 0.119 e. The number of benzene rings is 1. The van der Waals surface area contributed by atoms with Crippen molar-refractivity contribution in [2.75, 3.05) is 0 Å². The Bertz CT molecular complexity index is 456. The van der Waals surface area contributed by atoms with E-state index in [0.29, 0.717) is 11.4 Å². The van der Waals surface area contributed by atoms with E-state index >= 15 is 0 Å². The van der Waals surface area contributed by atoms with Crippen LogP contribution in [0, 0.1) is 0 Å². The van der Waals surface area contributed by atoms with Crippen molar-refractivity contribution in [3.63, 3.8) is 0 Å². The van der Waals surface area contributed by atoms with E-state index in [4.69, 9.17) is 11.6 Å². The Kier molecular flexibility index (Phi) is 2.88. The third-order valence-corrected chi connectivity index (χ3v) is 2.42. The predicted octanol–water partition coefficient (Wildman–Crippen LogP) is 3.03. The molecule has 76 valence electrons. The molecule has 2 aromatic rings. The maximum Gasteiger partial charge on any atom is 0.119 e. The van der Waals surface area contributed by atoms with Gasteiger partial charge in [0.1, 0.15) is 5.75 Å². The number of pyridine rings is 1. The SMILES string of the molecule is Oc1ccc(Cl)cc1Cc1ccncc1. The van der Waals surface area contributed by atoms with Crippen molar-refractivity contribution in [2.24, 2.45) is 0 Å². The monoisotopic (exact) mass is 219 g/mol. The van der Waals surface area contributed by atoms with Crippen LogP contribution in [0.15, 0.2) is 42.7 Å². The van der Waals surface area contributed by atoms with Crippen molar-refractivity contribution in [3.8, 4) is 5.75 Å². The molecule has 0 aliphatic rings. The minimum Gasteiger partial charge on any atom is -0.508 e. The zero-order valence-electron chi connectivity index (χ0n) is 8.02. The molecule has 0 fully saturated rings. The summed E-state index contributed by atoms with van der Waals surface area (Å²) in [5.41, 5.74) is 1.93. The van der Waals surface area contributed by atoms with Crippen molar-refractivity contribution >= 4 is 11.6 Å². The van der Waals surface area contributed by atoms with Crippen LogP contribution in [0.25, 0.3) is 0 Å². The molecule has 0 radical (unpaired) electrons. The molecule has 0 saturated carbocycles. The second-order valence-corrected chi connectivity index (χ2v) is 3.74. The molecule has 0 aliphatic heterocycles. The van der Waals surface area contributed by atoms with Crippen LogP contribution in [0.3, 0.4) is 0 Å². The van der Waals surface area contributed by atoms with Crippen LogP contribution in [-0.2, 0) is 6.42 Å². The van der Waals surface area contributed by atoms with Gasteiger partial charge in [0.15, 0.2) is 0 Å². The standard InChI is InChI=1S/C12H10ClNO/c13-11-1-2-12(15)10(8-11)7-9-3-5-14-6-4-9/h1-6,8,15H,7H2. The molecule has 2 nitrogen and oxygen atoms in total. The fraction of sp³-hybridized carbons (Fsp3) is 0.0833. The fourth-order valence-corrected chi connectivity index (χ4v) is 1.61. The molecule has 0 saturated heterocycles. The lowest BCUT2D eigenvalue weighted by molar-refractivity contribution is 0.469. The highest BCUT2D eigenvalue weighted by molar-refractivity contribution is 6.30. The first-order chi connectivity index (χ1) is 7.25. The topological polar surface area (TPSA) is 33.1 Å². The molecular weight excluding hydrogens is 210 g/mol.